The summed E-state index contributed by atoms with van der Waals surface area (Å²) in [6.07, 6.45) is 0.848. The number of fused-ring (bicyclic) bond motifs is 1. The monoisotopic (exact) mass is 448 g/mol. The molecule has 0 spiro atoms. The van der Waals surface area contributed by atoms with E-state index in [1.165, 1.54) is 16.0 Å². The van der Waals surface area contributed by atoms with Crippen molar-refractivity contribution in [3.63, 3.8) is 0 Å². The van der Waals surface area contributed by atoms with Gasteiger partial charge in [0, 0.05) is 28.3 Å². The van der Waals surface area contributed by atoms with Crippen molar-refractivity contribution in [2.45, 2.75) is 49.5 Å². The van der Waals surface area contributed by atoms with Crippen molar-refractivity contribution in [3.8, 4) is 5.75 Å². The van der Waals surface area contributed by atoms with Gasteiger partial charge in [-0.05, 0) is 68.9 Å². The summed E-state index contributed by atoms with van der Waals surface area (Å²) in [5.41, 5.74) is 4.41. The Morgan fingerprint density at radius 1 is 1.06 bits per heavy atom. The number of benzene rings is 3. The molecule has 3 aromatic carbocycles. The molecule has 1 aliphatic heterocycles. The van der Waals surface area contributed by atoms with Crippen LogP contribution in [0, 0.1) is 6.92 Å². The van der Waals surface area contributed by atoms with E-state index in [1.807, 2.05) is 17.8 Å². The lowest BCUT2D eigenvalue weighted by atomic mass is 9.89. The molecule has 31 heavy (non-hydrogen) atoms. The van der Waals surface area contributed by atoms with Crippen molar-refractivity contribution in [2.75, 3.05) is 5.32 Å². The van der Waals surface area contributed by atoms with Crippen molar-refractivity contribution >= 4 is 34.8 Å². The lowest BCUT2D eigenvalue weighted by molar-refractivity contribution is 0.0696. The first-order valence-electron chi connectivity index (χ1n) is 10.5. The van der Waals surface area contributed by atoms with E-state index in [1.54, 1.807) is 0 Å². The van der Waals surface area contributed by atoms with E-state index in [-0.39, 0.29) is 11.6 Å². The summed E-state index contributed by atoms with van der Waals surface area (Å²) in [4.78, 5) is 1.28. The van der Waals surface area contributed by atoms with Crippen LogP contribution in [0.1, 0.15) is 43.0 Å². The van der Waals surface area contributed by atoms with Crippen molar-refractivity contribution in [3.05, 3.63) is 89.5 Å². The smallest absolute Gasteiger partial charge is 0.171 e. The first-order valence-corrected chi connectivity index (χ1v) is 11.9. The Balaban J connectivity index is 1.37. The zero-order valence-electron chi connectivity index (χ0n) is 18.1. The van der Waals surface area contributed by atoms with Crippen LogP contribution < -0.4 is 15.4 Å². The molecular weight excluding hydrogens is 420 g/mol. The summed E-state index contributed by atoms with van der Waals surface area (Å²) in [5, 5.41) is 7.47. The zero-order chi connectivity index (χ0) is 21.8. The van der Waals surface area contributed by atoms with Gasteiger partial charge in [-0.1, -0.05) is 48.0 Å². The minimum Gasteiger partial charge on any atom is -0.487 e. The van der Waals surface area contributed by atoms with E-state index < -0.39 is 0 Å². The quantitative estimate of drug-likeness (QED) is 0.328. The first kappa shape index (κ1) is 21.7. The Labute approximate surface area is 194 Å². The van der Waals surface area contributed by atoms with E-state index in [2.05, 4.69) is 98.1 Å². The minimum absolute atomic E-state index is 0.111. The third-order valence-corrected chi connectivity index (χ3v) is 6.59. The Morgan fingerprint density at radius 3 is 2.55 bits per heavy atom. The highest BCUT2D eigenvalue weighted by Gasteiger charge is 2.34. The van der Waals surface area contributed by atoms with Crippen LogP contribution in [0.2, 0.25) is 0 Å². The van der Waals surface area contributed by atoms with Gasteiger partial charge in [0.1, 0.15) is 11.4 Å². The molecule has 0 bridgehead atoms. The van der Waals surface area contributed by atoms with Crippen LogP contribution >= 0.6 is 24.0 Å². The summed E-state index contributed by atoms with van der Waals surface area (Å²) >= 11 is 7.48. The molecule has 0 amide bonds. The fourth-order valence-corrected chi connectivity index (χ4v) is 4.93. The normalized spacial score (nSPS) is 16.7. The molecule has 1 heterocycles. The second kappa shape index (κ2) is 9.33. The number of rotatable bonds is 5. The summed E-state index contributed by atoms with van der Waals surface area (Å²) in [6.45, 7) is 6.34. The van der Waals surface area contributed by atoms with E-state index in [0.29, 0.717) is 5.11 Å². The van der Waals surface area contributed by atoms with Gasteiger partial charge in [-0.3, -0.25) is 0 Å². The van der Waals surface area contributed by atoms with Gasteiger partial charge in [0.25, 0.3) is 0 Å². The van der Waals surface area contributed by atoms with Crippen LogP contribution in [0.4, 0.5) is 5.69 Å². The second-order valence-electron chi connectivity index (χ2n) is 8.56. The van der Waals surface area contributed by atoms with Crippen LogP contribution in [0.25, 0.3) is 0 Å². The molecule has 3 aromatic rings. The van der Waals surface area contributed by atoms with E-state index in [4.69, 9.17) is 17.0 Å². The molecule has 0 aliphatic carbocycles. The average Bonchev–Trinajstić information content (AvgIpc) is 2.74. The predicted octanol–water partition coefficient (Wildman–Crippen LogP) is 6.88. The predicted molar refractivity (Wildman–Crippen MR) is 135 cm³/mol. The Bertz CT molecular complexity index is 1050. The summed E-state index contributed by atoms with van der Waals surface area (Å²) < 4.78 is 6.17. The third-order valence-electron chi connectivity index (χ3n) is 5.29. The van der Waals surface area contributed by atoms with Crippen LogP contribution in [0.15, 0.2) is 77.7 Å². The Hall–Kier alpha value is -2.50. The molecule has 1 aliphatic rings. The molecule has 4 rings (SSSR count). The van der Waals surface area contributed by atoms with Crippen LogP contribution in [0.5, 0.6) is 5.75 Å². The highest BCUT2D eigenvalue weighted by molar-refractivity contribution is 7.98. The molecule has 5 heteroatoms. The van der Waals surface area contributed by atoms with Gasteiger partial charge >= 0.3 is 0 Å². The molecule has 0 unspecified atom stereocenters. The van der Waals surface area contributed by atoms with Gasteiger partial charge in [0.2, 0.25) is 0 Å². The molecule has 2 N–H and O–H groups in total. The third kappa shape index (κ3) is 5.81. The van der Waals surface area contributed by atoms with Gasteiger partial charge in [0.15, 0.2) is 5.11 Å². The number of anilines is 1. The van der Waals surface area contributed by atoms with Crippen molar-refractivity contribution < 1.29 is 4.74 Å². The highest BCUT2D eigenvalue weighted by Crippen LogP contribution is 2.39. The van der Waals surface area contributed by atoms with E-state index >= 15 is 0 Å². The molecule has 0 saturated carbocycles. The number of hydrogen-bond donors (Lipinski definition) is 2. The first-order chi connectivity index (χ1) is 14.9. The van der Waals surface area contributed by atoms with E-state index in [0.717, 1.165) is 29.2 Å². The maximum atomic E-state index is 6.17. The Morgan fingerprint density at radius 2 is 1.81 bits per heavy atom. The topological polar surface area (TPSA) is 33.3 Å². The number of thiocarbonyl (C=S) groups is 1. The molecule has 0 saturated heterocycles. The highest BCUT2D eigenvalue weighted by atomic mass is 32.2. The van der Waals surface area contributed by atoms with Gasteiger partial charge < -0.3 is 15.4 Å². The van der Waals surface area contributed by atoms with E-state index in [9.17, 15) is 0 Å². The van der Waals surface area contributed by atoms with Gasteiger partial charge in [-0.25, -0.2) is 0 Å². The van der Waals surface area contributed by atoms with Crippen molar-refractivity contribution in [1.82, 2.24) is 5.32 Å². The Kier molecular flexibility index (Phi) is 6.54. The molecular formula is C26H28N2OS2. The van der Waals surface area contributed by atoms with Gasteiger partial charge in [0.05, 0.1) is 6.04 Å². The molecule has 0 fully saturated rings. The zero-order valence-corrected chi connectivity index (χ0v) is 19.8. The lowest BCUT2D eigenvalue weighted by Crippen LogP contribution is -2.42. The fraction of sp³-hybridized carbons (Fsp3) is 0.269. The van der Waals surface area contributed by atoms with Gasteiger partial charge in [-0.15, -0.1) is 11.8 Å². The van der Waals surface area contributed by atoms with Crippen LogP contribution in [-0.2, 0) is 5.75 Å². The maximum absolute atomic E-state index is 6.17. The summed E-state index contributed by atoms with van der Waals surface area (Å²) in [7, 11) is 0. The fourth-order valence-electron chi connectivity index (χ4n) is 3.80. The number of thioether (sulfide) groups is 1. The van der Waals surface area contributed by atoms with Crippen molar-refractivity contribution in [1.29, 1.82) is 0 Å². The SMILES string of the molecule is Cc1ccc2c(c1)[C@@H](NC(=S)Nc1ccc(CSc3ccccc3)cc1)CC(C)(C)O2. The summed E-state index contributed by atoms with van der Waals surface area (Å²) in [5.74, 6) is 1.88. The minimum atomic E-state index is -0.242. The average molecular weight is 449 g/mol. The standard InChI is InChI=1S/C26H28N2OS2/c1-18-9-14-24-22(15-18)23(16-26(2,3)29-24)28-25(30)27-20-12-10-19(11-13-20)17-31-21-7-5-4-6-8-21/h4-15,23H,16-17H2,1-3H3,(H2,27,28,30)/t23-/m0/s1. The largest absolute Gasteiger partial charge is 0.487 e. The van der Waals surface area contributed by atoms with Crippen molar-refractivity contribution in [2.24, 2.45) is 0 Å². The number of hydrogen-bond acceptors (Lipinski definition) is 3. The molecule has 3 nitrogen and oxygen atoms in total. The molecule has 160 valence electrons. The maximum Gasteiger partial charge on any atom is 0.171 e. The molecule has 1 atom stereocenters. The lowest BCUT2D eigenvalue weighted by Gasteiger charge is -2.38. The number of ether oxygens (including phenoxy) is 1. The summed E-state index contributed by atoms with van der Waals surface area (Å²) in [6, 6.07) is 25.4. The van der Waals surface area contributed by atoms with Crippen LogP contribution in [0.3, 0.4) is 0 Å². The van der Waals surface area contributed by atoms with Crippen LogP contribution in [-0.4, -0.2) is 10.7 Å². The molecule has 0 aromatic heterocycles. The second-order valence-corrected chi connectivity index (χ2v) is 10.0. The number of nitrogens with one attached hydrogen (secondary N) is 2. The number of aryl methyl sites for hydroxylation is 1. The molecule has 0 radical (unpaired) electrons. The van der Waals surface area contributed by atoms with Gasteiger partial charge in [-0.2, -0.15) is 0 Å².